The van der Waals surface area contributed by atoms with Crippen molar-refractivity contribution in [3.05, 3.63) is 34.1 Å². The first kappa shape index (κ1) is 12.2. The van der Waals surface area contributed by atoms with Crippen LogP contribution in [0, 0.1) is 0 Å². The Bertz CT molecular complexity index is 452. The molecule has 0 amide bonds. The summed E-state index contributed by atoms with van der Waals surface area (Å²) in [6, 6.07) is 3.86. The molecule has 0 radical (unpaired) electrons. The summed E-state index contributed by atoms with van der Waals surface area (Å²) in [6.07, 6.45) is 0.680. The molecule has 0 fully saturated rings. The molecule has 2 rings (SSSR count). The minimum atomic E-state index is -0.203. The highest BCUT2D eigenvalue weighted by atomic mass is 32.1. The molecule has 92 valence electrons. The number of nitrogens with zero attached hydrogens (tertiary/aromatic N) is 3. The van der Waals surface area contributed by atoms with E-state index in [1.807, 2.05) is 36.5 Å². The molecular weight excluding hydrogens is 236 g/mol. The van der Waals surface area contributed by atoms with E-state index in [0.29, 0.717) is 24.7 Å². The largest absolute Gasteiger partial charge is 0.339 e. The Kier molecular flexibility index (Phi) is 3.88. The molecule has 2 aromatic rings. The van der Waals surface area contributed by atoms with Gasteiger partial charge in [-0.15, -0.1) is 11.3 Å². The lowest BCUT2D eigenvalue weighted by Crippen LogP contribution is -2.26. The van der Waals surface area contributed by atoms with Gasteiger partial charge >= 0.3 is 0 Å². The van der Waals surface area contributed by atoms with Crippen LogP contribution in [-0.2, 0) is 6.42 Å². The van der Waals surface area contributed by atoms with Gasteiger partial charge in [0, 0.05) is 11.4 Å². The Balaban J connectivity index is 2.00. The lowest BCUT2D eigenvalue weighted by atomic mass is 10.3. The summed E-state index contributed by atoms with van der Waals surface area (Å²) >= 11 is 1.68. The first-order valence-corrected chi connectivity index (χ1v) is 6.28. The van der Waals surface area contributed by atoms with Crippen LogP contribution in [0.15, 0.2) is 22.0 Å². The van der Waals surface area contributed by atoms with Gasteiger partial charge in [0.2, 0.25) is 5.89 Å². The van der Waals surface area contributed by atoms with Crippen LogP contribution in [0.1, 0.15) is 22.6 Å². The van der Waals surface area contributed by atoms with E-state index in [9.17, 15) is 0 Å². The van der Waals surface area contributed by atoms with Crippen LogP contribution in [0.3, 0.4) is 0 Å². The maximum Gasteiger partial charge on any atom is 0.231 e. The second-order valence-electron chi connectivity index (χ2n) is 4.17. The van der Waals surface area contributed by atoms with Gasteiger partial charge in [-0.25, -0.2) is 0 Å². The van der Waals surface area contributed by atoms with E-state index in [1.165, 1.54) is 4.88 Å². The highest BCUT2D eigenvalue weighted by Gasteiger charge is 2.15. The van der Waals surface area contributed by atoms with Crippen LogP contribution in [0.25, 0.3) is 0 Å². The maximum absolute atomic E-state index is 5.96. The van der Waals surface area contributed by atoms with Crippen LogP contribution >= 0.6 is 11.3 Å². The Morgan fingerprint density at radius 1 is 1.53 bits per heavy atom. The van der Waals surface area contributed by atoms with Gasteiger partial charge in [-0.2, -0.15) is 4.98 Å². The van der Waals surface area contributed by atoms with Crippen LogP contribution in [0.5, 0.6) is 0 Å². The predicted molar refractivity (Wildman–Crippen MR) is 66.9 cm³/mol. The Labute approximate surface area is 104 Å². The average Bonchev–Trinajstić information content (AvgIpc) is 2.88. The molecule has 1 unspecified atom stereocenters. The van der Waals surface area contributed by atoms with Gasteiger partial charge in [-0.05, 0) is 25.5 Å². The van der Waals surface area contributed by atoms with Gasteiger partial charge in [-0.3, -0.25) is 0 Å². The molecule has 6 heteroatoms. The van der Waals surface area contributed by atoms with Crippen LogP contribution in [0.4, 0.5) is 0 Å². The van der Waals surface area contributed by atoms with E-state index in [-0.39, 0.29) is 6.04 Å². The van der Waals surface area contributed by atoms with Crippen LogP contribution in [0.2, 0.25) is 0 Å². The van der Waals surface area contributed by atoms with E-state index in [0.717, 1.165) is 0 Å². The van der Waals surface area contributed by atoms with Gasteiger partial charge in [0.05, 0.1) is 12.5 Å². The molecule has 2 aromatic heterocycles. The fourth-order valence-electron chi connectivity index (χ4n) is 1.53. The fraction of sp³-hybridized carbons (Fsp3) is 0.455. The minimum Gasteiger partial charge on any atom is -0.339 e. The molecule has 17 heavy (non-hydrogen) atoms. The van der Waals surface area contributed by atoms with Crippen molar-refractivity contribution in [2.75, 3.05) is 20.6 Å². The number of rotatable bonds is 5. The van der Waals surface area contributed by atoms with E-state index in [2.05, 4.69) is 10.1 Å². The topological polar surface area (TPSA) is 68.2 Å². The predicted octanol–water partition coefficient (Wildman–Crippen LogP) is 1.28. The fourth-order valence-corrected chi connectivity index (χ4v) is 2.22. The molecule has 0 saturated heterocycles. The Morgan fingerprint density at radius 3 is 3.00 bits per heavy atom. The molecule has 0 bridgehead atoms. The van der Waals surface area contributed by atoms with Crippen molar-refractivity contribution in [3.8, 4) is 0 Å². The first-order valence-electron chi connectivity index (χ1n) is 5.40. The van der Waals surface area contributed by atoms with Crippen molar-refractivity contribution >= 4 is 11.3 Å². The monoisotopic (exact) mass is 252 g/mol. The van der Waals surface area contributed by atoms with Crippen LogP contribution < -0.4 is 5.73 Å². The van der Waals surface area contributed by atoms with Crippen molar-refractivity contribution in [3.63, 3.8) is 0 Å². The average molecular weight is 252 g/mol. The summed E-state index contributed by atoms with van der Waals surface area (Å²) < 4.78 is 5.19. The number of hydrogen-bond donors (Lipinski definition) is 1. The summed E-state index contributed by atoms with van der Waals surface area (Å²) in [6.45, 7) is 0.706. The second-order valence-corrected chi connectivity index (χ2v) is 5.20. The summed E-state index contributed by atoms with van der Waals surface area (Å²) in [7, 11) is 3.93. The molecule has 0 aromatic carbocycles. The van der Waals surface area contributed by atoms with Crippen molar-refractivity contribution in [1.29, 1.82) is 0 Å². The smallest absolute Gasteiger partial charge is 0.231 e. The molecule has 0 aliphatic rings. The summed E-state index contributed by atoms with van der Waals surface area (Å²) in [4.78, 5) is 7.52. The van der Waals surface area contributed by atoms with Crippen molar-refractivity contribution < 1.29 is 4.52 Å². The van der Waals surface area contributed by atoms with Gasteiger partial charge in [0.15, 0.2) is 5.82 Å². The molecule has 0 aliphatic heterocycles. The zero-order chi connectivity index (χ0) is 12.3. The number of thiophene rings is 1. The number of nitrogens with two attached hydrogens (primary N) is 1. The SMILES string of the molecule is CN(C)CC(N)c1noc(Cc2cccs2)n1. The lowest BCUT2D eigenvalue weighted by molar-refractivity contribution is 0.348. The highest BCUT2D eigenvalue weighted by Crippen LogP contribution is 2.15. The number of hydrogen-bond acceptors (Lipinski definition) is 6. The van der Waals surface area contributed by atoms with Crippen LogP contribution in [-0.4, -0.2) is 35.7 Å². The molecular formula is C11H16N4OS. The summed E-state index contributed by atoms with van der Waals surface area (Å²) in [5, 5.41) is 5.95. The van der Waals surface area contributed by atoms with Gasteiger partial charge < -0.3 is 15.2 Å². The highest BCUT2D eigenvalue weighted by molar-refractivity contribution is 7.09. The van der Waals surface area contributed by atoms with Crippen molar-refractivity contribution in [1.82, 2.24) is 15.0 Å². The van der Waals surface area contributed by atoms with Gasteiger partial charge in [0.25, 0.3) is 0 Å². The number of aromatic nitrogens is 2. The van der Waals surface area contributed by atoms with E-state index >= 15 is 0 Å². The third kappa shape index (κ3) is 3.36. The minimum absolute atomic E-state index is 0.203. The maximum atomic E-state index is 5.96. The third-order valence-corrected chi connectivity index (χ3v) is 3.16. The molecule has 0 spiro atoms. The number of likely N-dealkylation sites (N-methyl/N-ethyl adjacent to an activating group) is 1. The molecule has 5 nitrogen and oxygen atoms in total. The second kappa shape index (κ2) is 5.39. The van der Waals surface area contributed by atoms with Gasteiger partial charge in [-0.1, -0.05) is 11.2 Å². The standard InChI is InChI=1S/C11H16N4OS/c1-15(2)7-9(12)11-13-10(16-14-11)6-8-4-3-5-17-8/h3-5,9H,6-7,12H2,1-2H3. The zero-order valence-electron chi connectivity index (χ0n) is 9.96. The zero-order valence-corrected chi connectivity index (χ0v) is 10.8. The quantitative estimate of drug-likeness (QED) is 0.868. The Morgan fingerprint density at radius 2 is 2.35 bits per heavy atom. The molecule has 2 heterocycles. The molecule has 0 aliphatic carbocycles. The van der Waals surface area contributed by atoms with Gasteiger partial charge in [0.1, 0.15) is 0 Å². The van der Waals surface area contributed by atoms with E-state index < -0.39 is 0 Å². The molecule has 2 N–H and O–H groups in total. The first-order chi connectivity index (χ1) is 8.15. The summed E-state index contributed by atoms with van der Waals surface area (Å²) in [5.41, 5.74) is 5.96. The van der Waals surface area contributed by atoms with Crippen molar-refractivity contribution in [2.24, 2.45) is 5.73 Å². The van der Waals surface area contributed by atoms with E-state index in [1.54, 1.807) is 11.3 Å². The third-order valence-electron chi connectivity index (χ3n) is 2.28. The lowest BCUT2D eigenvalue weighted by Gasteiger charge is -2.12. The van der Waals surface area contributed by atoms with Crippen molar-refractivity contribution in [2.45, 2.75) is 12.5 Å². The normalized spacial score (nSPS) is 13.2. The van der Waals surface area contributed by atoms with E-state index in [4.69, 9.17) is 10.3 Å². The Hall–Kier alpha value is -1.24. The molecule has 1 atom stereocenters. The summed E-state index contributed by atoms with van der Waals surface area (Å²) in [5.74, 6) is 1.20. The molecule has 0 saturated carbocycles.